The van der Waals surface area contributed by atoms with Crippen LogP contribution in [-0.4, -0.2) is 47.5 Å². The van der Waals surface area contributed by atoms with Crippen LogP contribution in [0, 0.1) is 0 Å². The van der Waals surface area contributed by atoms with Crippen LogP contribution in [0.1, 0.15) is 27.7 Å². The molecule has 142 valence electrons. The first-order chi connectivity index (χ1) is 12.1. The second-order valence-electron chi connectivity index (χ2n) is 6.94. The Morgan fingerprint density at radius 2 is 2.08 bits per heavy atom. The second kappa shape index (κ2) is 9.43. The molecule has 1 unspecified atom stereocenters. The monoisotopic (exact) mass is 378 g/mol. The van der Waals surface area contributed by atoms with Crippen molar-refractivity contribution in [1.82, 2.24) is 9.80 Å². The minimum Gasteiger partial charge on any atom is -0.444 e. The highest BCUT2D eigenvalue weighted by molar-refractivity contribution is 6.30. The number of aldehydes is 1. The normalized spacial score (nSPS) is 17.9. The highest BCUT2D eigenvalue weighted by Gasteiger charge is 2.30. The van der Waals surface area contributed by atoms with Crippen molar-refractivity contribution in [2.24, 2.45) is 0 Å². The van der Waals surface area contributed by atoms with Gasteiger partial charge in [0.25, 0.3) is 0 Å². The number of hydrogen-bond acceptors (Lipinski definition) is 4. The van der Waals surface area contributed by atoms with Crippen molar-refractivity contribution in [3.05, 3.63) is 59.3 Å². The molecule has 0 aromatic heterocycles. The summed E-state index contributed by atoms with van der Waals surface area (Å²) in [6, 6.07) is 0. The Hall–Kier alpha value is -2.27. The highest BCUT2D eigenvalue weighted by Crippen LogP contribution is 2.20. The predicted octanol–water partition coefficient (Wildman–Crippen LogP) is 4.39. The summed E-state index contributed by atoms with van der Waals surface area (Å²) in [5, 5.41) is 0.404. The maximum absolute atomic E-state index is 12.8. The molecule has 5 nitrogen and oxygen atoms in total. The van der Waals surface area contributed by atoms with E-state index in [1.54, 1.807) is 41.3 Å². The number of halogens is 1. The highest BCUT2D eigenvalue weighted by atomic mass is 35.5. The Morgan fingerprint density at radius 1 is 1.42 bits per heavy atom. The molecule has 0 spiro atoms. The molecular weight excluding hydrogens is 352 g/mol. The lowest BCUT2D eigenvalue weighted by Gasteiger charge is -2.38. The van der Waals surface area contributed by atoms with E-state index in [9.17, 15) is 9.59 Å². The van der Waals surface area contributed by atoms with Crippen LogP contribution in [0.3, 0.4) is 0 Å². The number of nitrogens with zero attached hydrogens (tertiary/aromatic N) is 2. The van der Waals surface area contributed by atoms with Gasteiger partial charge in [0.1, 0.15) is 11.8 Å². The zero-order valence-electron chi connectivity index (χ0n) is 16.0. The third-order valence-electron chi connectivity index (χ3n) is 3.52. The average Bonchev–Trinajstić information content (AvgIpc) is 2.53. The van der Waals surface area contributed by atoms with E-state index >= 15 is 0 Å². The van der Waals surface area contributed by atoms with E-state index in [0.29, 0.717) is 17.2 Å². The molecule has 0 bridgehead atoms. The van der Waals surface area contributed by atoms with Gasteiger partial charge in [-0.3, -0.25) is 9.69 Å². The first-order valence-corrected chi connectivity index (χ1v) is 8.69. The fraction of sp³-hybridized carbons (Fsp3) is 0.400. The maximum Gasteiger partial charge on any atom is 0.412 e. The number of rotatable bonds is 6. The minimum absolute atomic E-state index is 0.315. The van der Waals surface area contributed by atoms with E-state index in [1.165, 1.54) is 0 Å². The molecular formula is C20H27ClN2O3. The lowest BCUT2D eigenvalue weighted by molar-refractivity contribution is -0.104. The summed E-state index contributed by atoms with van der Waals surface area (Å²) in [5.41, 5.74) is 0.800. The van der Waals surface area contributed by atoms with Gasteiger partial charge < -0.3 is 9.64 Å². The molecule has 0 aromatic carbocycles. The summed E-state index contributed by atoms with van der Waals surface area (Å²) >= 11 is 5.79. The van der Waals surface area contributed by atoms with Gasteiger partial charge in [-0.25, -0.2) is 4.79 Å². The van der Waals surface area contributed by atoms with Crippen molar-refractivity contribution >= 4 is 24.0 Å². The topological polar surface area (TPSA) is 49.9 Å². The fourth-order valence-electron chi connectivity index (χ4n) is 2.30. The lowest BCUT2D eigenvalue weighted by Crippen LogP contribution is -2.50. The maximum atomic E-state index is 12.8. The van der Waals surface area contributed by atoms with Crippen molar-refractivity contribution < 1.29 is 14.3 Å². The van der Waals surface area contributed by atoms with Gasteiger partial charge in [-0.1, -0.05) is 36.4 Å². The SMILES string of the molecule is C=C(Cl)/C=C\C(=C/C)CN(C(=O)OC(C)(C)C)C1C=CC(C=O)=CN1C. The fourth-order valence-corrected chi connectivity index (χ4v) is 2.36. The molecule has 0 aliphatic carbocycles. The number of amides is 1. The standard InChI is InChI=1S/C20H27ClN2O3/c1-7-16(9-8-15(2)21)13-23(19(25)26-20(3,4)5)18-11-10-17(14-24)12-22(18)6/h7-12,14,18H,2,13H2,1,3-6H3/b9-8-,16-7+. The molecule has 0 N–H and O–H groups in total. The third-order valence-corrected chi connectivity index (χ3v) is 3.64. The Balaban J connectivity index is 3.13. The zero-order valence-corrected chi connectivity index (χ0v) is 16.8. The summed E-state index contributed by atoms with van der Waals surface area (Å²) < 4.78 is 5.57. The summed E-state index contributed by atoms with van der Waals surface area (Å²) in [6.45, 7) is 11.3. The molecule has 26 heavy (non-hydrogen) atoms. The molecule has 1 atom stereocenters. The molecule has 1 aliphatic heterocycles. The molecule has 0 aromatic rings. The summed E-state index contributed by atoms with van der Waals surface area (Å²) in [5.74, 6) is 0. The smallest absolute Gasteiger partial charge is 0.412 e. The molecule has 1 amide bonds. The Kier molecular flexibility index (Phi) is 7.90. The first-order valence-electron chi connectivity index (χ1n) is 8.32. The van der Waals surface area contributed by atoms with Crippen molar-refractivity contribution in [3.63, 3.8) is 0 Å². The quantitative estimate of drug-likeness (QED) is 0.508. The van der Waals surface area contributed by atoms with Crippen molar-refractivity contribution in [1.29, 1.82) is 0 Å². The number of hydrogen-bond donors (Lipinski definition) is 0. The number of ether oxygens (including phenoxy) is 1. The van der Waals surface area contributed by atoms with E-state index in [0.717, 1.165) is 11.9 Å². The predicted molar refractivity (Wildman–Crippen MR) is 106 cm³/mol. The second-order valence-corrected chi connectivity index (χ2v) is 7.42. The van der Waals surface area contributed by atoms with Gasteiger partial charge in [0.05, 0.1) is 6.54 Å². The summed E-state index contributed by atoms with van der Waals surface area (Å²) in [4.78, 5) is 27.2. The minimum atomic E-state index is -0.619. The van der Waals surface area contributed by atoms with Gasteiger partial charge in [0.2, 0.25) is 0 Å². The molecule has 1 rings (SSSR count). The summed E-state index contributed by atoms with van der Waals surface area (Å²) in [6.07, 6.45) is 10.5. The van der Waals surface area contributed by atoms with Crippen LogP contribution >= 0.6 is 11.6 Å². The zero-order chi connectivity index (χ0) is 19.9. The van der Waals surface area contributed by atoms with Gasteiger partial charge in [-0.05, 0) is 45.4 Å². The molecule has 0 radical (unpaired) electrons. The first kappa shape index (κ1) is 21.8. The van der Waals surface area contributed by atoms with Crippen LogP contribution in [0.25, 0.3) is 0 Å². The summed E-state index contributed by atoms with van der Waals surface area (Å²) in [7, 11) is 1.81. The number of carbonyl (C=O) groups is 2. The number of allylic oxidation sites excluding steroid dienone is 5. The number of carbonyl (C=O) groups excluding carboxylic acids is 2. The van der Waals surface area contributed by atoms with Crippen molar-refractivity contribution in [3.8, 4) is 0 Å². The van der Waals surface area contributed by atoms with E-state index in [2.05, 4.69) is 6.58 Å². The van der Waals surface area contributed by atoms with Crippen LogP contribution in [-0.2, 0) is 9.53 Å². The van der Waals surface area contributed by atoms with E-state index < -0.39 is 11.7 Å². The van der Waals surface area contributed by atoms with Crippen LogP contribution in [0.5, 0.6) is 0 Å². The molecule has 0 saturated heterocycles. The molecule has 0 saturated carbocycles. The van der Waals surface area contributed by atoms with Crippen LogP contribution in [0.4, 0.5) is 4.79 Å². The van der Waals surface area contributed by atoms with Gasteiger partial charge in [0.15, 0.2) is 6.29 Å². The van der Waals surface area contributed by atoms with Gasteiger partial charge in [-0.2, -0.15) is 0 Å². The largest absolute Gasteiger partial charge is 0.444 e. The van der Waals surface area contributed by atoms with Gasteiger partial charge in [-0.15, -0.1) is 0 Å². The Labute approximate surface area is 160 Å². The van der Waals surface area contributed by atoms with Crippen LogP contribution in [0.2, 0.25) is 0 Å². The molecule has 1 aliphatic rings. The van der Waals surface area contributed by atoms with E-state index in [1.807, 2.05) is 39.8 Å². The third kappa shape index (κ3) is 6.92. The van der Waals surface area contributed by atoms with Crippen LogP contribution in [0.15, 0.2) is 59.3 Å². The van der Waals surface area contributed by atoms with Crippen molar-refractivity contribution in [2.75, 3.05) is 13.6 Å². The van der Waals surface area contributed by atoms with Crippen LogP contribution < -0.4 is 0 Å². The molecule has 1 heterocycles. The van der Waals surface area contributed by atoms with E-state index in [4.69, 9.17) is 16.3 Å². The lowest BCUT2D eigenvalue weighted by atomic mass is 10.1. The Bertz CT molecular complexity index is 669. The van der Waals surface area contributed by atoms with E-state index in [-0.39, 0.29) is 6.17 Å². The molecule has 0 fully saturated rings. The number of likely N-dealkylation sites (N-methyl/N-ethyl adjacent to an activating group) is 1. The Morgan fingerprint density at radius 3 is 2.54 bits per heavy atom. The van der Waals surface area contributed by atoms with Gasteiger partial charge in [0, 0.05) is 23.9 Å². The molecule has 6 heteroatoms. The average molecular weight is 379 g/mol. The van der Waals surface area contributed by atoms with Gasteiger partial charge >= 0.3 is 6.09 Å². The van der Waals surface area contributed by atoms with Crippen molar-refractivity contribution in [2.45, 2.75) is 39.5 Å².